The predicted octanol–water partition coefficient (Wildman–Crippen LogP) is 4.15. The van der Waals surface area contributed by atoms with Gasteiger partial charge in [0.25, 0.3) is 0 Å². The van der Waals surface area contributed by atoms with Gasteiger partial charge in [0, 0.05) is 4.70 Å². The summed E-state index contributed by atoms with van der Waals surface area (Å²) in [7, 11) is 1.65. The number of aryl methyl sites for hydroxylation is 1. The standard InChI is InChI=1S/C20H20N4O2S/c1-3-14-15-10-12(17(21)11-5-4-6-13(9-11)25-2)7-8-16(15)27-19(14)18-20(22)24-26-23-18/h4-10,17H,3,21H2,1-2H3,(H2,22,24). The maximum Gasteiger partial charge on any atom is 0.197 e. The number of hydrogen-bond donors (Lipinski definition) is 2. The van der Waals surface area contributed by atoms with Gasteiger partial charge in [0.2, 0.25) is 0 Å². The van der Waals surface area contributed by atoms with Gasteiger partial charge in [-0.3, -0.25) is 0 Å². The van der Waals surface area contributed by atoms with Gasteiger partial charge in [0.15, 0.2) is 11.5 Å². The van der Waals surface area contributed by atoms with Crippen molar-refractivity contribution in [3.8, 4) is 16.3 Å². The van der Waals surface area contributed by atoms with Crippen LogP contribution in [0.15, 0.2) is 47.1 Å². The zero-order valence-electron chi connectivity index (χ0n) is 15.1. The van der Waals surface area contributed by atoms with E-state index < -0.39 is 0 Å². The van der Waals surface area contributed by atoms with Gasteiger partial charge in [-0.15, -0.1) is 11.3 Å². The number of anilines is 1. The minimum Gasteiger partial charge on any atom is -0.497 e. The molecule has 0 bridgehead atoms. The molecule has 2 heterocycles. The Morgan fingerprint density at radius 3 is 2.67 bits per heavy atom. The molecule has 1 unspecified atom stereocenters. The SMILES string of the molecule is CCc1c(-c2nonc2N)sc2ccc(C(N)c3cccc(OC)c3)cc12. The first-order chi connectivity index (χ1) is 13.1. The van der Waals surface area contributed by atoms with E-state index in [-0.39, 0.29) is 6.04 Å². The third-order valence-corrected chi connectivity index (χ3v) is 5.93. The number of ether oxygens (including phenoxy) is 1. The summed E-state index contributed by atoms with van der Waals surface area (Å²) in [6.45, 7) is 2.11. The van der Waals surface area contributed by atoms with Crippen molar-refractivity contribution in [2.45, 2.75) is 19.4 Å². The fourth-order valence-electron chi connectivity index (χ4n) is 3.28. The molecule has 138 valence electrons. The number of rotatable bonds is 5. The first-order valence-electron chi connectivity index (χ1n) is 8.65. The number of nitrogen functional groups attached to an aromatic ring is 1. The minimum absolute atomic E-state index is 0.239. The van der Waals surface area contributed by atoms with Crippen LogP contribution in [-0.2, 0) is 6.42 Å². The van der Waals surface area contributed by atoms with Crippen LogP contribution in [0, 0.1) is 0 Å². The van der Waals surface area contributed by atoms with Crippen molar-refractivity contribution in [1.82, 2.24) is 10.3 Å². The molecular formula is C20H20N4O2S. The number of nitrogens with zero attached hydrogens (tertiary/aromatic N) is 2. The molecule has 2 aromatic carbocycles. The quantitative estimate of drug-likeness (QED) is 0.539. The van der Waals surface area contributed by atoms with E-state index in [4.69, 9.17) is 20.8 Å². The molecule has 7 heteroatoms. The third kappa shape index (κ3) is 3.05. The average Bonchev–Trinajstić information content (AvgIpc) is 3.29. The van der Waals surface area contributed by atoms with E-state index >= 15 is 0 Å². The van der Waals surface area contributed by atoms with Crippen molar-refractivity contribution in [1.29, 1.82) is 0 Å². The molecule has 0 fully saturated rings. The highest BCUT2D eigenvalue weighted by molar-refractivity contribution is 7.22. The van der Waals surface area contributed by atoms with Crippen LogP contribution in [0.25, 0.3) is 20.7 Å². The summed E-state index contributed by atoms with van der Waals surface area (Å²) < 4.78 is 11.3. The van der Waals surface area contributed by atoms with Crippen molar-refractivity contribution < 1.29 is 9.37 Å². The second kappa shape index (κ2) is 7.02. The Kier molecular flexibility index (Phi) is 4.55. The maximum absolute atomic E-state index is 6.54. The largest absolute Gasteiger partial charge is 0.497 e. The number of thiophene rings is 1. The average molecular weight is 380 g/mol. The molecule has 27 heavy (non-hydrogen) atoms. The van der Waals surface area contributed by atoms with Crippen LogP contribution in [-0.4, -0.2) is 17.4 Å². The fourth-order valence-corrected chi connectivity index (χ4v) is 4.55. The van der Waals surface area contributed by atoms with Crippen LogP contribution < -0.4 is 16.2 Å². The number of methoxy groups -OCH3 is 1. The minimum atomic E-state index is -0.239. The lowest BCUT2D eigenvalue weighted by Crippen LogP contribution is -2.11. The third-order valence-electron chi connectivity index (χ3n) is 4.71. The van der Waals surface area contributed by atoms with E-state index in [9.17, 15) is 0 Å². The Balaban J connectivity index is 1.81. The van der Waals surface area contributed by atoms with Gasteiger partial charge in [0.05, 0.1) is 18.0 Å². The molecular weight excluding hydrogens is 360 g/mol. The van der Waals surface area contributed by atoms with Gasteiger partial charge in [-0.05, 0) is 63.1 Å². The molecule has 0 amide bonds. The van der Waals surface area contributed by atoms with Gasteiger partial charge in [-0.25, -0.2) is 4.63 Å². The Morgan fingerprint density at radius 2 is 1.96 bits per heavy atom. The molecule has 0 saturated carbocycles. The van der Waals surface area contributed by atoms with Crippen molar-refractivity contribution in [3.05, 3.63) is 59.2 Å². The van der Waals surface area contributed by atoms with Crippen molar-refractivity contribution in [2.75, 3.05) is 12.8 Å². The Morgan fingerprint density at radius 1 is 1.15 bits per heavy atom. The van der Waals surface area contributed by atoms with Gasteiger partial charge < -0.3 is 16.2 Å². The molecule has 0 aliphatic heterocycles. The number of hydrogen-bond acceptors (Lipinski definition) is 7. The first kappa shape index (κ1) is 17.5. The molecule has 4 aromatic rings. The Bertz CT molecular complexity index is 1100. The second-order valence-electron chi connectivity index (χ2n) is 6.27. The van der Waals surface area contributed by atoms with Crippen LogP contribution >= 0.6 is 11.3 Å². The van der Waals surface area contributed by atoms with E-state index in [0.29, 0.717) is 11.5 Å². The van der Waals surface area contributed by atoms with Gasteiger partial charge >= 0.3 is 0 Å². The Hall–Kier alpha value is -2.90. The summed E-state index contributed by atoms with van der Waals surface area (Å²) >= 11 is 1.64. The first-order valence-corrected chi connectivity index (χ1v) is 9.47. The van der Waals surface area contributed by atoms with Crippen molar-refractivity contribution in [2.24, 2.45) is 5.73 Å². The molecule has 1 atom stereocenters. The van der Waals surface area contributed by atoms with Crippen LogP contribution in [0.5, 0.6) is 5.75 Å². The monoisotopic (exact) mass is 380 g/mol. The highest BCUT2D eigenvalue weighted by atomic mass is 32.1. The molecule has 0 radical (unpaired) electrons. The maximum atomic E-state index is 6.54. The van der Waals surface area contributed by atoms with Crippen molar-refractivity contribution in [3.63, 3.8) is 0 Å². The summed E-state index contributed by atoms with van der Waals surface area (Å²) in [5.41, 5.74) is 16.3. The predicted molar refractivity (Wildman–Crippen MR) is 108 cm³/mol. The second-order valence-corrected chi connectivity index (χ2v) is 7.32. The van der Waals surface area contributed by atoms with Crippen LogP contribution in [0.2, 0.25) is 0 Å². The molecule has 4 rings (SSSR count). The van der Waals surface area contributed by atoms with Crippen LogP contribution in [0.3, 0.4) is 0 Å². The van der Waals surface area contributed by atoms with E-state index in [0.717, 1.165) is 38.3 Å². The molecule has 0 spiro atoms. The summed E-state index contributed by atoms with van der Waals surface area (Å²) in [6.07, 6.45) is 0.847. The van der Waals surface area contributed by atoms with Gasteiger partial charge in [-0.1, -0.05) is 25.1 Å². The van der Waals surface area contributed by atoms with Crippen LogP contribution in [0.4, 0.5) is 5.82 Å². The molecule has 2 aromatic heterocycles. The number of fused-ring (bicyclic) bond motifs is 1. The number of aromatic nitrogens is 2. The normalized spacial score (nSPS) is 12.4. The zero-order valence-corrected chi connectivity index (χ0v) is 15.9. The molecule has 0 aliphatic rings. The van der Waals surface area contributed by atoms with E-state index in [1.807, 2.05) is 24.3 Å². The lowest BCUT2D eigenvalue weighted by atomic mass is 9.96. The van der Waals surface area contributed by atoms with Gasteiger partial charge in [-0.2, -0.15) is 0 Å². The van der Waals surface area contributed by atoms with E-state index in [1.165, 1.54) is 5.56 Å². The summed E-state index contributed by atoms with van der Waals surface area (Å²) in [6, 6.07) is 13.9. The lowest BCUT2D eigenvalue weighted by molar-refractivity contribution is 0.310. The van der Waals surface area contributed by atoms with Crippen molar-refractivity contribution >= 4 is 27.2 Å². The summed E-state index contributed by atoms with van der Waals surface area (Å²) in [5, 5.41) is 8.84. The van der Waals surface area contributed by atoms with Crippen LogP contribution in [0.1, 0.15) is 29.7 Å². The molecule has 0 saturated heterocycles. The number of nitrogens with two attached hydrogens (primary N) is 2. The smallest absolute Gasteiger partial charge is 0.197 e. The fraction of sp³-hybridized carbons (Fsp3) is 0.200. The highest BCUT2D eigenvalue weighted by Crippen LogP contribution is 2.41. The zero-order chi connectivity index (χ0) is 19.0. The van der Waals surface area contributed by atoms with E-state index in [1.54, 1.807) is 18.4 Å². The molecule has 4 N–H and O–H groups in total. The lowest BCUT2D eigenvalue weighted by Gasteiger charge is -2.14. The molecule has 6 nitrogen and oxygen atoms in total. The molecule has 0 aliphatic carbocycles. The van der Waals surface area contributed by atoms with E-state index in [2.05, 4.69) is 35.4 Å². The number of benzene rings is 2. The summed E-state index contributed by atoms with van der Waals surface area (Å²) in [4.78, 5) is 0.998. The summed E-state index contributed by atoms with van der Waals surface area (Å²) in [5.74, 6) is 1.11. The highest BCUT2D eigenvalue weighted by Gasteiger charge is 2.20. The van der Waals surface area contributed by atoms with Gasteiger partial charge in [0.1, 0.15) is 5.75 Å². The topological polar surface area (TPSA) is 100 Å². The Labute approximate surface area is 160 Å².